The second kappa shape index (κ2) is 1.12. The molecule has 2 aromatic heterocycles. The van der Waals surface area contributed by atoms with E-state index in [0.717, 1.165) is 11.0 Å². The first-order valence-electron chi connectivity index (χ1n) is 2.43. The number of H-pyrrole nitrogens is 2. The Kier molecular flexibility index (Phi) is 0.521. The Labute approximate surface area is 47.2 Å². The zero-order chi connectivity index (χ0) is 5.40. The molecule has 2 rings (SSSR count). The maximum absolute atomic E-state index is 3.89. The predicted octanol–water partition coefficient (Wildman–Crippen LogP) is 1.14. The van der Waals surface area contributed by atoms with Crippen molar-refractivity contribution < 1.29 is 1.43 Å². The van der Waals surface area contributed by atoms with Crippen molar-refractivity contribution in [1.29, 1.82) is 0 Å². The van der Waals surface area contributed by atoms with Crippen LogP contribution in [0.4, 0.5) is 0 Å². The Balaban J connectivity index is 0.000000405. The van der Waals surface area contributed by atoms with E-state index in [9.17, 15) is 0 Å². The van der Waals surface area contributed by atoms with E-state index in [1.807, 2.05) is 6.07 Å². The summed E-state index contributed by atoms with van der Waals surface area (Å²) >= 11 is 0. The summed E-state index contributed by atoms with van der Waals surface area (Å²) in [6, 6.07) is 1.92. The molecule has 0 unspecified atom stereocenters. The number of fused-ring (bicyclic) bond motifs is 1. The fraction of sp³-hybridized carbons (Fsp3) is 0. The van der Waals surface area contributed by atoms with E-state index >= 15 is 0 Å². The maximum Gasteiger partial charge on any atom is 0.0972 e. The van der Waals surface area contributed by atoms with Crippen molar-refractivity contribution in [2.45, 2.75) is 0 Å². The van der Waals surface area contributed by atoms with Crippen molar-refractivity contribution in [3.05, 3.63) is 18.5 Å². The normalized spacial score (nSPS) is 10.5. The first-order chi connectivity index (χ1) is 3.97. The maximum atomic E-state index is 3.89. The summed E-state index contributed by atoms with van der Waals surface area (Å²) in [7, 11) is 0. The van der Waals surface area contributed by atoms with Gasteiger partial charge in [-0.15, -0.1) is 0 Å². The molecule has 0 fully saturated rings. The van der Waals surface area contributed by atoms with Crippen molar-refractivity contribution in [2.75, 3.05) is 0 Å². The molecule has 0 aromatic carbocycles. The topological polar surface area (TPSA) is 44.5 Å². The van der Waals surface area contributed by atoms with Crippen molar-refractivity contribution in [3.63, 3.8) is 0 Å². The molecule has 0 aliphatic carbocycles. The number of nitrogens with one attached hydrogen (secondary N) is 2. The Morgan fingerprint density at radius 2 is 2.25 bits per heavy atom. The molecule has 0 bridgehead atoms. The minimum Gasteiger partial charge on any atom is -0.298 e. The Morgan fingerprint density at radius 1 is 1.38 bits per heavy atom. The average molecular weight is 109 g/mol. The van der Waals surface area contributed by atoms with Gasteiger partial charge >= 0.3 is 0 Å². The summed E-state index contributed by atoms with van der Waals surface area (Å²) in [5, 5.41) is 5.78. The van der Waals surface area contributed by atoms with Crippen LogP contribution in [0.2, 0.25) is 0 Å². The second-order valence-corrected chi connectivity index (χ2v) is 1.67. The highest BCUT2D eigenvalue weighted by molar-refractivity contribution is 5.73. The van der Waals surface area contributed by atoms with Gasteiger partial charge in [0.1, 0.15) is 0 Å². The van der Waals surface area contributed by atoms with Gasteiger partial charge in [-0.2, -0.15) is 0 Å². The fourth-order valence-electron chi connectivity index (χ4n) is 0.675. The van der Waals surface area contributed by atoms with Crippen molar-refractivity contribution in [2.24, 2.45) is 0 Å². The van der Waals surface area contributed by atoms with Crippen LogP contribution >= 0.6 is 0 Å². The molecule has 0 atom stereocenters. The summed E-state index contributed by atoms with van der Waals surface area (Å²) in [5.41, 5.74) is 2.20. The van der Waals surface area contributed by atoms with Gasteiger partial charge in [0.05, 0.1) is 17.2 Å². The van der Waals surface area contributed by atoms with E-state index in [2.05, 4.69) is 15.2 Å². The largest absolute Gasteiger partial charge is 0.298 e. The molecule has 8 heavy (non-hydrogen) atoms. The molecule has 0 spiro atoms. The summed E-state index contributed by atoms with van der Waals surface area (Å²) in [4.78, 5) is 3.89. The molecule has 3 nitrogen and oxygen atoms in total. The SMILES string of the molecule is [HH].c1cc2[nH][nH]c2cn1. The van der Waals surface area contributed by atoms with E-state index in [-0.39, 0.29) is 1.43 Å². The third-order valence-corrected chi connectivity index (χ3v) is 1.15. The molecular weight excluding hydrogens is 102 g/mol. The third-order valence-electron chi connectivity index (χ3n) is 1.15. The van der Waals surface area contributed by atoms with Crippen LogP contribution in [0, 0.1) is 0 Å². The molecule has 0 aliphatic heterocycles. The second-order valence-electron chi connectivity index (χ2n) is 1.67. The predicted molar refractivity (Wildman–Crippen MR) is 32.6 cm³/mol. The zero-order valence-electron chi connectivity index (χ0n) is 4.18. The lowest BCUT2D eigenvalue weighted by Crippen LogP contribution is -1.89. The Morgan fingerprint density at radius 3 is 2.62 bits per heavy atom. The monoisotopic (exact) mass is 109 g/mol. The summed E-state index contributed by atoms with van der Waals surface area (Å²) in [6.07, 6.45) is 3.54. The molecule has 42 valence electrons. The van der Waals surface area contributed by atoms with Gasteiger partial charge in [-0.05, 0) is 6.07 Å². The minimum absolute atomic E-state index is 0. The van der Waals surface area contributed by atoms with Crippen LogP contribution in [0.25, 0.3) is 11.0 Å². The molecule has 2 aromatic rings. The molecular formula is C5H7N3. The molecule has 0 saturated heterocycles. The van der Waals surface area contributed by atoms with Crippen LogP contribution in [-0.2, 0) is 0 Å². The quantitative estimate of drug-likeness (QED) is 0.523. The van der Waals surface area contributed by atoms with Crippen LogP contribution in [0.3, 0.4) is 0 Å². The number of hydrogen-bond acceptors (Lipinski definition) is 1. The van der Waals surface area contributed by atoms with Gasteiger partial charge < -0.3 is 0 Å². The molecule has 2 heterocycles. The van der Waals surface area contributed by atoms with Crippen LogP contribution in [0.5, 0.6) is 0 Å². The van der Waals surface area contributed by atoms with Crippen LogP contribution < -0.4 is 0 Å². The van der Waals surface area contributed by atoms with E-state index in [4.69, 9.17) is 0 Å². The van der Waals surface area contributed by atoms with Gasteiger partial charge in [0.15, 0.2) is 0 Å². The van der Waals surface area contributed by atoms with Crippen molar-refractivity contribution in [3.8, 4) is 0 Å². The first kappa shape index (κ1) is 3.72. The highest BCUT2D eigenvalue weighted by Gasteiger charge is 1.90. The number of rotatable bonds is 0. The van der Waals surface area contributed by atoms with Crippen molar-refractivity contribution in [1.82, 2.24) is 15.2 Å². The number of hydrogen-bond donors (Lipinski definition) is 2. The lowest BCUT2D eigenvalue weighted by molar-refractivity contribution is 1.05. The zero-order valence-corrected chi connectivity index (χ0v) is 4.18. The number of pyridine rings is 1. The Bertz CT molecular complexity index is 255. The van der Waals surface area contributed by atoms with Gasteiger partial charge in [-0.25, -0.2) is 0 Å². The van der Waals surface area contributed by atoms with Gasteiger partial charge in [0.2, 0.25) is 0 Å². The molecule has 0 amide bonds. The van der Waals surface area contributed by atoms with Gasteiger partial charge in [0.25, 0.3) is 0 Å². The number of aromatic nitrogens is 3. The van der Waals surface area contributed by atoms with Crippen molar-refractivity contribution >= 4 is 11.0 Å². The van der Waals surface area contributed by atoms with Gasteiger partial charge in [0, 0.05) is 7.62 Å². The van der Waals surface area contributed by atoms with E-state index < -0.39 is 0 Å². The Hall–Kier alpha value is -1.25. The van der Waals surface area contributed by atoms with Gasteiger partial charge in [-0.3, -0.25) is 15.2 Å². The van der Waals surface area contributed by atoms with Gasteiger partial charge in [-0.1, -0.05) is 0 Å². The third kappa shape index (κ3) is 0.307. The average Bonchev–Trinajstić information content (AvgIpc) is 1.72. The van der Waals surface area contributed by atoms with Crippen LogP contribution in [-0.4, -0.2) is 15.2 Å². The van der Waals surface area contributed by atoms with E-state index in [1.165, 1.54) is 0 Å². The fourth-order valence-corrected chi connectivity index (χ4v) is 0.675. The number of aromatic amines is 2. The molecule has 2 N–H and O–H groups in total. The standard InChI is InChI=1S/C5H5N3.H2/c1-2-6-3-5-4(1)7-8-5;/h1-3,7-8H;1H. The molecule has 0 aliphatic rings. The molecule has 3 heteroatoms. The highest BCUT2D eigenvalue weighted by Crippen LogP contribution is 2.04. The molecule has 0 radical (unpaired) electrons. The van der Waals surface area contributed by atoms with E-state index in [0.29, 0.717) is 0 Å². The highest BCUT2D eigenvalue weighted by atomic mass is 15.2. The minimum atomic E-state index is 0. The summed E-state index contributed by atoms with van der Waals surface area (Å²) in [5.74, 6) is 0. The number of nitrogens with zero attached hydrogens (tertiary/aromatic N) is 1. The first-order valence-corrected chi connectivity index (χ1v) is 2.43. The van der Waals surface area contributed by atoms with E-state index in [1.54, 1.807) is 12.4 Å². The van der Waals surface area contributed by atoms with Crippen LogP contribution in [0.15, 0.2) is 18.5 Å². The summed E-state index contributed by atoms with van der Waals surface area (Å²) in [6.45, 7) is 0. The lowest BCUT2D eigenvalue weighted by Gasteiger charge is -1.98. The molecule has 0 saturated carbocycles. The van der Waals surface area contributed by atoms with Crippen LogP contribution in [0.1, 0.15) is 1.43 Å². The summed E-state index contributed by atoms with van der Waals surface area (Å²) < 4.78 is 0. The smallest absolute Gasteiger partial charge is 0.0972 e. The lowest BCUT2D eigenvalue weighted by atomic mass is 10.4.